The molecule has 0 amide bonds. The van der Waals surface area contributed by atoms with Crippen molar-refractivity contribution in [3.63, 3.8) is 0 Å². The molecule has 12 heavy (non-hydrogen) atoms. The maximum Gasteiger partial charge on any atom is 1.00 e. The standard InChI is InChI=1S/C8H15ClO2.K/c1-2-3-4-7(9)5-6-8(10)11;/h7H,2-6H2,1H3,(H,10,11);/q;+1/p-1. The smallest absolute Gasteiger partial charge is 0.550 e. The zero-order valence-corrected chi connectivity index (χ0v) is 11.7. The Balaban J connectivity index is 0. The van der Waals surface area contributed by atoms with Crippen LogP contribution in [0.15, 0.2) is 0 Å². The normalized spacial score (nSPS) is 11.8. The van der Waals surface area contributed by atoms with E-state index >= 15 is 0 Å². The molecule has 4 heteroatoms. The third-order valence-electron chi connectivity index (χ3n) is 1.53. The van der Waals surface area contributed by atoms with Gasteiger partial charge in [-0.2, -0.15) is 0 Å². The van der Waals surface area contributed by atoms with Crippen LogP contribution in [0.5, 0.6) is 0 Å². The Morgan fingerprint density at radius 1 is 1.50 bits per heavy atom. The van der Waals surface area contributed by atoms with Gasteiger partial charge in [0.25, 0.3) is 0 Å². The maximum absolute atomic E-state index is 10.0. The predicted molar refractivity (Wildman–Crippen MR) is 43.4 cm³/mol. The third kappa shape index (κ3) is 11.4. The van der Waals surface area contributed by atoms with Gasteiger partial charge in [0, 0.05) is 11.3 Å². The van der Waals surface area contributed by atoms with Crippen LogP contribution in [0.3, 0.4) is 0 Å². The van der Waals surface area contributed by atoms with Gasteiger partial charge in [0.15, 0.2) is 0 Å². The number of carbonyl (C=O) groups excluding carboxylic acids is 1. The van der Waals surface area contributed by atoms with Crippen LogP contribution in [0.1, 0.15) is 39.0 Å². The molecule has 0 spiro atoms. The van der Waals surface area contributed by atoms with Crippen LogP contribution in [0.2, 0.25) is 0 Å². The SMILES string of the molecule is CCCCC(Cl)CCC(=O)[O-].[K+]. The van der Waals surface area contributed by atoms with Gasteiger partial charge >= 0.3 is 51.4 Å². The summed E-state index contributed by atoms with van der Waals surface area (Å²) in [5.74, 6) is -1.01. The van der Waals surface area contributed by atoms with E-state index in [1.807, 2.05) is 0 Å². The monoisotopic (exact) mass is 216 g/mol. The number of alkyl halides is 1. The van der Waals surface area contributed by atoms with Crippen LogP contribution < -0.4 is 56.5 Å². The maximum atomic E-state index is 10.0. The number of halogens is 1. The second-order valence-electron chi connectivity index (χ2n) is 2.65. The Bertz CT molecular complexity index is 120. The van der Waals surface area contributed by atoms with E-state index < -0.39 is 5.97 Å². The van der Waals surface area contributed by atoms with Crippen LogP contribution in [0, 0.1) is 0 Å². The van der Waals surface area contributed by atoms with Crippen molar-refractivity contribution < 1.29 is 61.3 Å². The van der Waals surface area contributed by atoms with Gasteiger partial charge in [-0.1, -0.05) is 19.8 Å². The Morgan fingerprint density at radius 2 is 2.08 bits per heavy atom. The molecule has 0 aromatic carbocycles. The number of hydrogen-bond donors (Lipinski definition) is 0. The second kappa shape index (κ2) is 10.5. The van der Waals surface area contributed by atoms with Crippen molar-refractivity contribution in [3.05, 3.63) is 0 Å². The molecule has 0 rings (SSSR count). The molecule has 0 bridgehead atoms. The Hall–Kier alpha value is 1.40. The summed E-state index contributed by atoms with van der Waals surface area (Å²) in [6, 6.07) is 0. The number of unbranched alkanes of at least 4 members (excludes halogenated alkanes) is 1. The van der Waals surface area contributed by atoms with E-state index in [0.717, 1.165) is 19.3 Å². The summed E-state index contributed by atoms with van der Waals surface area (Å²) in [5.41, 5.74) is 0. The molecular weight excluding hydrogens is 203 g/mol. The third-order valence-corrected chi connectivity index (χ3v) is 1.97. The number of rotatable bonds is 6. The van der Waals surface area contributed by atoms with Gasteiger partial charge in [-0.3, -0.25) is 0 Å². The van der Waals surface area contributed by atoms with Crippen LogP contribution >= 0.6 is 11.6 Å². The number of carboxylic acid groups (broad SMARTS) is 1. The molecule has 0 aromatic heterocycles. The molecule has 0 saturated carbocycles. The van der Waals surface area contributed by atoms with Crippen LogP contribution in [0.4, 0.5) is 0 Å². The fourth-order valence-electron chi connectivity index (χ4n) is 0.844. The fraction of sp³-hybridized carbons (Fsp3) is 0.875. The van der Waals surface area contributed by atoms with E-state index in [2.05, 4.69) is 6.92 Å². The Morgan fingerprint density at radius 3 is 2.50 bits per heavy atom. The fourth-order valence-corrected chi connectivity index (χ4v) is 1.11. The molecule has 0 aliphatic rings. The van der Waals surface area contributed by atoms with Gasteiger partial charge in [-0.15, -0.1) is 11.6 Å². The number of carboxylic acids is 1. The molecule has 0 fully saturated rings. The van der Waals surface area contributed by atoms with E-state index in [0.29, 0.717) is 6.42 Å². The van der Waals surface area contributed by atoms with Crippen LogP contribution in [0.25, 0.3) is 0 Å². The van der Waals surface area contributed by atoms with Gasteiger partial charge < -0.3 is 9.90 Å². The van der Waals surface area contributed by atoms with E-state index in [1.165, 1.54) is 0 Å². The predicted octanol–water partition coefficient (Wildman–Crippen LogP) is -1.68. The van der Waals surface area contributed by atoms with E-state index in [9.17, 15) is 9.90 Å². The molecule has 0 aliphatic heterocycles. The average Bonchev–Trinajstić information content (AvgIpc) is 1.97. The Labute approximate surface area is 121 Å². The zero-order chi connectivity index (χ0) is 8.69. The van der Waals surface area contributed by atoms with E-state index in [-0.39, 0.29) is 63.2 Å². The Kier molecular flexibility index (Phi) is 13.8. The van der Waals surface area contributed by atoms with Gasteiger partial charge in [-0.25, -0.2) is 0 Å². The first-order valence-corrected chi connectivity index (χ1v) is 4.44. The first-order chi connectivity index (χ1) is 5.16. The van der Waals surface area contributed by atoms with Crippen molar-refractivity contribution in [2.45, 2.75) is 44.4 Å². The molecule has 0 radical (unpaired) electrons. The summed E-state index contributed by atoms with van der Waals surface area (Å²) in [6.45, 7) is 2.09. The second-order valence-corrected chi connectivity index (χ2v) is 3.27. The number of aliphatic carboxylic acids is 1. The minimum atomic E-state index is -1.01. The van der Waals surface area contributed by atoms with E-state index in [4.69, 9.17) is 11.6 Å². The van der Waals surface area contributed by atoms with Crippen molar-refractivity contribution >= 4 is 17.6 Å². The van der Waals surface area contributed by atoms with Crippen molar-refractivity contribution in [2.24, 2.45) is 0 Å². The molecule has 66 valence electrons. The average molecular weight is 217 g/mol. The molecule has 0 heterocycles. The molecule has 0 aliphatic carbocycles. The van der Waals surface area contributed by atoms with Crippen LogP contribution in [-0.4, -0.2) is 11.3 Å². The quantitative estimate of drug-likeness (QED) is 0.393. The van der Waals surface area contributed by atoms with Crippen LogP contribution in [-0.2, 0) is 4.79 Å². The topological polar surface area (TPSA) is 40.1 Å². The molecular formula is C8H14ClKO2. The van der Waals surface area contributed by atoms with Crippen molar-refractivity contribution in [3.8, 4) is 0 Å². The number of carbonyl (C=O) groups is 1. The number of hydrogen-bond acceptors (Lipinski definition) is 2. The van der Waals surface area contributed by atoms with Gasteiger partial charge in [0.05, 0.1) is 0 Å². The molecule has 1 atom stereocenters. The van der Waals surface area contributed by atoms with Crippen molar-refractivity contribution in [1.29, 1.82) is 0 Å². The van der Waals surface area contributed by atoms with Crippen molar-refractivity contribution in [2.75, 3.05) is 0 Å². The summed E-state index contributed by atoms with van der Waals surface area (Å²) in [7, 11) is 0. The molecule has 2 nitrogen and oxygen atoms in total. The van der Waals surface area contributed by atoms with Gasteiger partial charge in [0.2, 0.25) is 0 Å². The summed E-state index contributed by atoms with van der Waals surface area (Å²) in [4.78, 5) is 10.0. The largest absolute Gasteiger partial charge is 1.00 e. The first kappa shape index (κ1) is 15.9. The van der Waals surface area contributed by atoms with Gasteiger partial charge in [-0.05, 0) is 19.3 Å². The molecule has 1 unspecified atom stereocenters. The first-order valence-electron chi connectivity index (χ1n) is 4.00. The van der Waals surface area contributed by atoms with Gasteiger partial charge in [0.1, 0.15) is 0 Å². The minimum Gasteiger partial charge on any atom is -0.550 e. The molecule has 0 aromatic rings. The minimum absolute atomic E-state index is 0. The summed E-state index contributed by atoms with van der Waals surface area (Å²) in [5, 5.41) is 10.0. The van der Waals surface area contributed by atoms with Crippen molar-refractivity contribution in [1.82, 2.24) is 0 Å². The zero-order valence-electron chi connectivity index (χ0n) is 7.81. The summed E-state index contributed by atoms with van der Waals surface area (Å²) >= 11 is 5.81. The summed E-state index contributed by atoms with van der Waals surface area (Å²) < 4.78 is 0. The summed E-state index contributed by atoms with van der Waals surface area (Å²) in [6.07, 6.45) is 3.70. The molecule has 0 N–H and O–H groups in total. The molecule has 0 saturated heterocycles. The van der Waals surface area contributed by atoms with E-state index in [1.54, 1.807) is 0 Å².